The molecule has 0 aliphatic carbocycles. The first-order valence-corrected chi connectivity index (χ1v) is 6.79. The summed E-state index contributed by atoms with van der Waals surface area (Å²) in [6.45, 7) is 4.16. The van der Waals surface area contributed by atoms with Crippen molar-refractivity contribution in [3.05, 3.63) is 16.1 Å². The Morgan fingerprint density at radius 2 is 2.22 bits per heavy atom. The fourth-order valence-electron chi connectivity index (χ4n) is 1.36. The maximum Gasteiger partial charge on any atom is 0.357 e. The van der Waals surface area contributed by atoms with Gasteiger partial charge in [0.15, 0.2) is 5.69 Å². The van der Waals surface area contributed by atoms with Crippen LogP contribution < -0.4 is 0 Å². The molecule has 0 fully saturated rings. The van der Waals surface area contributed by atoms with Crippen LogP contribution in [-0.2, 0) is 16.1 Å². The van der Waals surface area contributed by atoms with E-state index in [1.54, 1.807) is 10.3 Å². The van der Waals surface area contributed by atoms with E-state index < -0.39 is 5.97 Å². The van der Waals surface area contributed by atoms with Gasteiger partial charge in [0.05, 0.1) is 13.7 Å². The SMILES string of the molecule is COC(=O)c1csc(CN(C(=O)CCl)C(C)C)n1. The summed E-state index contributed by atoms with van der Waals surface area (Å²) in [7, 11) is 1.30. The normalized spacial score (nSPS) is 10.5. The van der Waals surface area contributed by atoms with Crippen molar-refractivity contribution in [3.63, 3.8) is 0 Å². The van der Waals surface area contributed by atoms with Crippen molar-refractivity contribution in [1.29, 1.82) is 0 Å². The molecule has 1 heterocycles. The van der Waals surface area contributed by atoms with Crippen LogP contribution >= 0.6 is 22.9 Å². The second-order valence-corrected chi connectivity index (χ2v) is 5.08. The highest BCUT2D eigenvalue weighted by atomic mass is 35.5. The van der Waals surface area contributed by atoms with Gasteiger partial charge in [0.1, 0.15) is 10.9 Å². The van der Waals surface area contributed by atoms with E-state index in [1.165, 1.54) is 18.4 Å². The molecule has 0 bridgehead atoms. The van der Waals surface area contributed by atoms with Crippen LogP contribution in [0.4, 0.5) is 0 Å². The minimum atomic E-state index is -0.475. The Labute approximate surface area is 115 Å². The lowest BCUT2D eigenvalue weighted by molar-refractivity contribution is -0.130. The molecule has 0 saturated heterocycles. The van der Waals surface area contributed by atoms with Crippen LogP contribution in [0.1, 0.15) is 29.3 Å². The summed E-state index contributed by atoms with van der Waals surface area (Å²) < 4.78 is 4.57. The van der Waals surface area contributed by atoms with E-state index in [0.717, 1.165) is 0 Å². The third-order valence-corrected chi connectivity index (χ3v) is 3.37. The molecule has 0 aromatic carbocycles. The monoisotopic (exact) mass is 290 g/mol. The van der Waals surface area contributed by atoms with Gasteiger partial charge in [-0.05, 0) is 13.8 Å². The van der Waals surface area contributed by atoms with Crippen LogP contribution in [0.2, 0.25) is 0 Å². The third kappa shape index (κ3) is 3.68. The minimum absolute atomic E-state index is 0.0294. The smallest absolute Gasteiger partial charge is 0.357 e. The first kappa shape index (κ1) is 14.9. The van der Waals surface area contributed by atoms with Crippen LogP contribution in [0.3, 0.4) is 0 Å². The van der Waals surface area contributed by atoms with Crippen LogP contribution in [0.25, 0.3) is 0 Å². The Balaban J connectivity index is 2.79. The molecule has 7 heteroatoms. The Morgan fingerprint density at radius 1 is 1.56 bits per heavy atom. The van der Waals surface area contributed by atoms with Crippen LogP contribution in [0.15, 0.2) is 5.38 Å². The molecule has 0 aliphatic heterocycles. The molecule has 0 radical (unpaired) electrons. The highest BCUT2D eigenvalue weighted by Crippen LogP contribution is 2.15. The number of carbonyl (C=O) groups excluding carboxylic acids is 2. The lowest BCUT2D eigenvalue weighted by atomic mass is 10.3. The number of methoxy groups -OCH3 is 1. The van der Waals surface area contributed by atoms with Crippen LogP contribution in [0, 0.1) is 0 Å². The van der Waals surface area contributed by atoms with Gasteiger partial charge in [-0.3, -0.25) is 4.79 Å². The number of alkyl halides is 1. The van der Waals surface area contributed by atoms with Crippen molar-refractivity contribution in [2.45, 2.75) is 26.4 Å². The van der Waals surface area contributed by atoms with Gasteiger partial charge in [0, 0.05) is 11.4 Å². The molecular formula is C11H15ClN2O3S. The lowest BCUT2D eigenvalue weighted by Crippen LogP contribution is -2.37. The molecule has 100 valence electrons. The summed E-state index contributed by atoms with van der Waals surface area (Å²) in [6.07, 6.45) is 0. The number of thiazole rings is 1. The van der Waals surface area contributed by atoms with E-state index in [9.17, 15) is 9.59 Å². The van der Waals surface area contributed by atoms with Crippen molar-refractivity contribution < 1.29 is 14.3 Å². The van der Waals surface area contributed by atoms with Gasteiger partial charge in [0.2, 0.25) is 5.91 Å². The van der Waals surface area contributed by atoms with Crippen molar-refractivity contribution in [2.75, 3.05) is 13.0 Å². The molecule has 5 nitrogen and oxygen atoms in total. The Morgan fingerprint density at radius 3 is 2.72 bits per heavy atom. The van der Waals surface area contributed by atoms with E-state index in [0.29, 0.717) is 11.6 Å². The predicted octanol–water partition coefficient (Wildman–Crippen LogP) is 1.91. The molecule has 0 spiro atoms. The highest BCUT2D eigenvalue weighted by Gasteiger charge is 2.19. The van der Waals surface area contributed by atoms with E-state index in [4.69, 9.17) is 11.6 Å². The molecule has 18 heavy (non-hydrogen) atoms. The summed E-state index contributed by atoms with van der Waals surface area (Å²) in [5.41, 5.74) is 0.263. The first-order chi connectivity index (χ1) is 8.49. The molecular weight excluding hydrogens is 276 g/mol. The number of hydrogen-bond acceptors (Lipinski definition) is 5. The molecule has 0 saturated carbocycles. The van der Waals surface area contributed by atoms with Crippen molar-refractivity contribution >= 4 is 34.8 Å². The molecule has 1 amide bonds. The Kier molecular flexibility index (Phi) is 5.55. The summed E-state index contributed by atoms with van der Waals surface area (Å²) in [6, 6.07) is 0.0294. The topological polar surface area (TPSA) is 59.5 Å². The van der Waals surface area contributed by atoms with Gasteiger partial charge in [0.25, 0.3) is 0 Å². The molecule has 1 aromatic heterocycles. The maximum absolute atomic E-state index is 11.6. The second kappa shape index (κ2) is 6.70. The fraction of sp³-hybridized carbons (Fsp3) is 0.545. The van der Waals surface area contributed by atoms with E-state index >= 15 is 0 Å². The third-order valence-electron chi connectivity index (χ3n) is 2.31. The zero-order valence-corrected chi connectivity index (χ0v) is 12.0. The summed E-state index contributed by atoms with van der Waals surface area (Å²) >= 11 is 6.87. The Hall–Kier alpha value is -1.14. The van der Waals surface area contributed by atoms with Gasteiger partial charge in [-0.2, -0.15) is 0 Å². The number of ether oxygens (including phenoxy) is 1. The number of amides is 1. The number of hydrogen-bond donors (Lipinski definition) is 0. The van der Waals surface area contributed by atoms with Crippen LogP contribution in [-0.4, -0.2) is 40.8 Å². The first-order valence-electron chi connectivity index (χ1n) is 5.37. The van der Waals surface area contributed by atoms with Gasteiger partial charge in [-0.15, -0.1) is 22.9 Å². The lowest BCUT2D eigenvalue weighted by Gasteiger charge is -2.24. The van der Waals surface area contributed by atoms with Gasteiger partial charge >= 0.3 is 5.97 Å². The summed E-state index contributed by atoms with van der Waals surface area (Å²) in [5.74, 6) is -0.688. The largest absolute Gasteiger partial charge is 0.464 e. The fourth-order valence-corrected chi connectivity index (χ4v) is 2.28. The number of halogens is 1. The molecule has 1 aromatic rings. The molecule has 0 aliphatic rings. The van der Waals surface area contributed by atoms with Gasteiger partial charge in [-0.25, -0.2) is 9.78 Å². The number of esters is 1. The quantitative estimate of drug-likeness (QED) is 0.614. The number of carbonyl (C=O) groups is 2. The maximum atomic E-state index is 11.6. The van der Waals surface area contributed by atoms with Gasteiger partial charge in [-0.1, -0.05) is 0 Å². The number of nitrogens with zero attached hydrogens (tertiary/aromatic N) is 2. The second-order valence-electron chi connectivity index (χ2n) is 3.87. The Bertz CT molecular complexity index is 434. The molecule has 1 rings (SSSR count). The number of rotatable bonds is 5. The van der Waals surface area contributed by atoms with Crippen LogP contribution in [0.5, 0.6) is 0 Å². The van der Waals surface area contributed by atoms with Gasteiger partial charge < -0.3 is 9.64 Å². The van der Waals surface area contributed by atoms with Crippen molar-refractivity contribution in [2.24, 2.45) is 0 Å². The molecule has 0 atom stereocenters. The average molecular weight is 291 g/mol. The number of aromatic nitrogens is 1. The highest BCUT2D eigenvalue weighted by molar-refractivity contribution is 7.09. The molecule has 0 unspecified atom stereocenters. The average Bonchev–Trinajstić information content (AvgIpc) is 2.82. The predicted molar refractivity (Wildman–Crippen MR) is 69.9 cm³/mol. The van der Waals surface area contributed by atoms with Crippen molar-refractivity contribution in [1.82, 2.24) is 9.88 Å². The van der Waals surface area contributed by atoms with E-state index in [-0.39, 0.29) is 23.5 Å². The van der Waals surface area contributed by atoms with E-state index in [1.807, 2.05) is 13.8 Å². The van der Waals surface area contributed by atoms with Crippen molar-refractivity contribution in [3.8, 4) is 0 Å². The standard InChI is InChI=1S/C11H15ClN2O3S/c1-7(2)14(10(15)4-12)5-9-13-8(6-18-9)11(16)17-3/h6-7H,4-5H2,1-3H3. The van der Waals surface area contributed by atoms with E-state index in [2.05, 4.69) is 9.72 Å². The summed E-state index contributed by atoms with van der Waals surface area (Å²) in [4.78, 5) is 28.6. The zero-order chi connectivity index (χ0) is 13.7. The minimum Gasteiger partial charge on any atom is -0.464 e. The zero-order valence-electron chi connectivity index (χ0n) is 10.5. The molecule has 0 N–H and O–H groups in total. The summed E-state index contributed by atoms with van der Waals surface area (Å²) in [5, 5.41) is 2.30.